The number of amidine groups is 1. The number of rotatable bonds is 4. The number of anilines is 1. The summed E-state index contributed by atoms with van der Waals surface area (Å²) in [7, 11) is 0. The Labute approximate surface area is 101 Å². The van der Waals surface area contributed by atoms with Gasteiger partial charge in [-0.25, -0.2) is 9.18 Å². The number of nitrogens with one attached hydrogen (secondary N) is 2. The quantitative estimate of drug-likeness (QED) is 0.354. The van der Waals surface area contributed by atoms with Crippen molar-refractivity contribution in [3.63, 3.8) is 0 Å². The summed E-state index contributed by atoms with van der Waals surface area (Å²) in [5.74, 6) is -2.56. The highest BCUT2D eigenvalue weighted by atomic mass is 19.1. The maximum atomic E-state index is 13.3. The van der Waals surface area contributed by atoms with E-state index in [0.717, 1.165) is 18.2 Å². The van der Waals surface area contributed by atoms with Crippen molar-refractivity contribution in [3.8, 4) is 6.07 Å². The standard InChI is InChI=1S/C10H8FN5O2/c11-6-2-1-5(10(17)18)3-7(6)15-16-8(4-12)9(13)14/h1-3,15H,(H3,13,14)(H,17,18)/b16-8+. The molecule has 0 aliphatic heterocycles. The summed E-state index contributed by atoms with van der Waals surface area (Å²) in [6, 6.07) is 4.57. The molecule has 0 unspecified atom stereocenters. The van der Waals surface area contributed by atoms with E-state index in [2.05, 4.69) is 10.5 Å². The number of nitriles is 1. The summed E-state index contributed by atoms with van der Waals surface area (Å²) in [6.07, 6.45) is 0. The number of hydrogen-bond acceptors (Lipinski definition) is 5. The van der Waals surface area contributed by atoms with Crippen LogP contribution in [0.15, 0.2) is 23.3 Å². The van der Waals surface area contributed by atoms with Crippen LogP contribution in [0.2, 0.25) is 0 Å². The number of benzene rings is 1. The lowest BCUT2D eigenvalue weighted by Crippen LogP contribution is -2.22. The number of carbonyl (C=O) groups is 1. The largest absolute Gasteiger partial charge is 0.478 e. The van der Waals surface area contributed by atoms with Gasteiger partial charge in [0.25, 0.3) is 0 Å². The molecule has 5 N–H and O–H groups in total. The molecular weight excluding hydrogens is 241 g/mol. The van der Waals surface area contributed by atoms with Crippen LogP contribution < -0.4 is 11.2 Å². The van der Waals surface area contributed by atoms with Gasteiger partial charge in [0.05, 0.1) is 11.3 Å². The van der Waals surface area contributed by atoms with Crippen LogP contribution in [-0.2, 0) is 0 Å². The van der Waals surface area contributed by atoms with Crippen LogP contribution in [-0.4, -0.2) is 22.6 Å². The first-order valence-electron chi connectivity index (χ1n) is 4.56. The molecule has 0 fully saturated rings. The van der Waals surface area contributed by atoms with Gasteiger partial charge in [-0.1, -0.05) is 0 Å². The first-order valence-corrected chi connectivity index (χ1v) is 4.56. The average molecular weight is 249 g/mol. The van der Waals surface area contributed by atoms with Crippen molar-refractivity contribution in [2.75, 3.05) is 5.43 Å². The molecule has 8 heteroatoms. The Kier molecular flexibility index (Phi) is 3.93. The Hall–Kier alpha value is -2.95. The summed E-state index contributed by atoms with van der Waals surface area (Å²) in [6.45, 7) is 0. The van der Waals surface area contributed by atoms with E-state index in [1.807, 2.05) is 0 Å². The van der Waals surface area contributed by atoms with Crippen LogP contribution in [0.3, 0.4) is 0 Å². The van der Waals surface area contributed by atoms with Gasteiger partial charge in [-0.3, -0.25) is 10.8 Å². The number of carboxylic acids is 1. The molecule has 1 aromatic rings. The van der Waals surface area contributed by atoms with Gasteiger partial charge in [-0.05, 0) is 18.2 Å². The molecule has 92 valence electrons. The Morgan fingerprint density at radius 2 is 2.28 bits per heavy atom. The van der Waals surface area contributed by atoms with Crippen molar-refractivity contribution in [3.05, 3.63) is 29.6 Å². The zero-order valence-electron chi connectivity index (χ0n) is 8.94. The third-order valence-electron chi connectivity index (χ3n) is 1.86. The molecule has 18 heavy (non-hydrogen) atoms. The van der Waals surface area contributed by atoms with Gasteiger partial charge in [0, 0.05) is 0 Å². The smallest absolute Gasteiger partial charge is 0.335 e. The normalized spacial score (nSPS) is 10.6. The highest BCUT2D eigenvalue weighted by Gasteiger charge is 2.08. The molecular formula is C10H8FN5O2. The van der Waals surface area contributed by atoms with Crippen LogP contribution in [0.5, 0.6) is 0 Å². The molecule has 0 saturated heterocycles. The number of nitrogens with two attached hydrogens (primary N) is 1. The monoisotopic (exact) mass is 249 g/mol. The second-order valence-corrected chi connectivity index (χ2v) is 3.10. The van der Waals surface area contributed by atoms with Gasteiger partial charge in [0.1, 0.15) is 11.9 Å². The number of halogens is 1. The van der Waals surface area contributed by atoms with E-state index in [9.17, 15) is 9.18 Å². The molecule has 0 aliphatic rings. The molecule has 0 aliphatic carbocycles. The molecule has 1 rings (SSSR count). The Balaban J connectivity index is 3.05. The number of carboxylic acid groups (broad SMARTS) is 1. The predicted octanol–water partition coefficient (Wildman–Crippen LogP) is 0.751. The number of hydrogen-bond donors (Lipinski definition) is 4. The van der Waals surface area contributed by atoms with Crippen LogP contribution in [0.25, 0.3) is 0 Å². The second kappa shape index (κ2) is 5.40. The maximum absolute atomic E-state index is 13.3. The maximum Gasteiger partial charge on any atom is 0.335 e. The average Bonchev–Trinajstić information content (AvgIpc) is 2.31. The van der Waals surface area contributed by atoms with Gasteiger partial charge in [0.2, 0.25) is 5.71 Å². The van der Waals surface area contributed by atoms with E-state index in [1.165, 1.54) is 6.07 Å². The summed E-state index contributed by atoms with van der Waals surface area (Å²) < 4.78 is 13.3. The fraction of sp³-hybridized carbons (Fsp3) is 0. The topological polar surface area (TPSA) is 135 Å². The third-order valence-corrected chi connectivity index (χ3v) is 1.86. The Bertz CT molecular complexity index is 576. The Morgan fingerprint density at radius 3 is 2.78 bits per heavy atom. The highest BCUT2D eigenvalue weighted by molar-refractivity contribution is 6.45. The fourth-order valence-electron chi connectivity index (χ4n) is 1.01. The van der Waals surface area contributed by atoms with E-state index >= 15 is 0 Å². The van der Waals surface area contributed by atoms with Gasteiger partial charge >= 0.3 is 5.97 Å². The fourth-order valence-corrected chi connectivity index (χ4v) is 1.01. The van der Waals surface area contributed by atoms with E-state index < -0.39 is 23.3 Å². The van der Waals surface area contributed by atoms with Gasteiger partial charge in [-0.15, -0.1) is 0 Å². The lowest BCUT2D eigenvalue weighted by atomic mass is 10.2. The molecule has 0 radical (unpaired) electrons. The van der Waals surface area contributed by atoms with Gasteiger partial charge in [-0.2, -0.15) is 10.4 Å². The number of hydrazone groups is 1. The summed E-state index contributed by atoms with van der Waals surface area (Å²) >= 11 is 0. The molecule has 0 atom stereocenters. The molecule has 0 saturated carbocycles. The molecule has 0 spiro atoms. The Morgan fingerprint density at radius 1 is 1.61 bits per heavy atom. The van der Waals surface area contributed by atoms with E-state index in [-0.39, 0.29) is 11.3 Å². The van der Waals surface area contributed by atoms with Crippen molar-refractivity contribution in [1.82, 2.24) is 0 Å². The second-order valence-electron chi connectivity index (χ2n) is 3.10. The van der Waals surface area contributed by atoms with Gasteiger partial charge < -0.3 is 10.8 Å². The summed E-state index contributed by atoms with van der Waals surface area (Å²) in [5.41, 5.74) is 6.37. The predicted molar refractivity (Wildman–Crippen MR) is 61.9 cm³/mol. The molecule has 0 bridgehead atoms. The molecule has 0 aromatic heterocycles. The molecule has 0 heterocycles. The molecule has 0 amide bonds. The minimum absolute atomic E-state index is 0.143. The van der Waals surface area contributed by atoms with Crippen LogP contribution in [0.1, 0.15) is 10.4 Å². The zero-order valence-corrected chi connectivity index (χ0v) is 8.94. The van der Waals surface area contributed by atoms with Crippen LogP contribution >= 0.6 is 0 Å². The summed E-state index contributed by atoms with van der Waals surface area (Å²) in [5, 5.41) is 27.7. The van der Waals surface area contributed by atoms with Crippen LogP contribution in [0.4, 0.5) is 10.1 Å². The third kappa shape index (κ3) is 3.02. The SMILES string of the molecule is N#C/C(=N\Nc1cc(C(=O)O)ccc1F)C(=N)N. The lowest BCUT2D eigenvalue weighted by molar-refractivity contribution is 0.0697. The first-order chi connectivity index (χ1) is 8.45. The molecule has 1 aromatic carbocycles. The number of aromatic carboxylic acids is 1. The molecule has 7 nitrogen and oxygen atoms in total. The number of nitrogens with zero attached hydrogens (tertiary/aromatic N) is 2. The van der Waals surface area contributed by atoms with E-state index in [4.69, 9.17) is 21.5 Å². The van der Waals surface area contributed by atoms with Crippen molar-refractivity contribution < 1.29 is 14.3 Å². The minimum atomic E-state index is -1.23. The van der Waals surface area contributed by atoms with E-state index in [1.54, 1.807) is 0 Å². The van der Waals surface area contributed by atoms with E-state index in [0.29, 0.717) is 0 Å². The first kappa shape index (κ1) is 13.1. The zero-order chi connectivity index (χ0) is 13.7. The lowest BCUT2D eigenvalue weighted by Gasteiger charge is -2.04. The van der Waals surface area contributed by atoms with Crippen LogP contribution in [0, 0.1) is 22.6 Å². The van der Waals surface area contributed by atoms with Crippen molar-refractivity contribution in [1.29, 1.82) is 10.7 Å². The van der Waals surface area contributed by atoms with Crippen molar-refractivity contribution >= 4 is 23.2 Å². The van der Waals surface area contributed by atoms with Crippen molar-refractivity contribution in [2.45, 2.75) is 0 Å². The van der Waals surface area contributed by atoms with Crippen molar-refractivity contribution in [2.24, 2.45) is 10.8 Å². The van der Waals surface area contributed by atoms with Gasteiger partial charge in [0.15, 0.2) is 5.84 Å². The minimum Gasteiger partial charge on any atom is -0.478 e. The highest BCUT2D eigenvalue weighted by Crippen LogP contribution is 2.16. The summed E-state index contributed by atoms with van der Waals surface area (Å²) in [4.78, 5) is 10.7.